The highest BCUT2D eigenvalue weighted by Gasteiger charge is 2.27. The Hall–Kier alpha value is -2.84. The van der Waals surface area contributed by atoms with Gasteiger partial charge in [-0.25, -0.2) is 0 Å². The number of carbonyl (C=O) groups excluding carboxylic acids is 2. The van der Waals surface area contributed by atoms with E-state index in [9.17, 15) is 19.7 Å². The average Bonchev–Trinajstić information content (AvgIpc) is 2.59. The zero-order valence-corrected chi connectivity index (χ0v) is 13.3. The van der Waals surface area contributed by atoms with Gasteiger partial charge in [-0.15, -0.1) is 0 Å². The summed E-state index contributed by atoms with van der Waals surface area (Å²) in [4.78, 5) is 35.3. The van der Waals surface area contributed by atoms with Gasteiger partial charge in [0.15, 0.2) is 18.1 Å². The number of hydrogen-bond donors (Lipinski definition) is 1. The summed E-state index contributed by atoms with van der Waals surface area (Å²) in [6.07, 6.45) is 1.36. The smallest absolute Gasteiger partial charge is 0.273 e. The Kier molecular flexibility index (Phi) is 5.56. The van der Waals surface area contributed by atoms with E-state index in [1.807, 2.05) is 0 Å². The minimum absolute atomic E-state index is 0.114. The first-order chi connectivity index (χ1) is 11.4. The Labute approximate surface area is 138 Å². The monoisotopic (exact) mass is 337 g/mol. The number of primary amides is 1. The van der Waals surface area contributed by atoms with Gasteiger partial charge in [-0.05, 0) is 18.9 Å². The number of nitro benzene ring substituents is 1. The molecule has 24 heavy (non-hydrogen) atoms. The molecule has 2 amide bonds. The third-order valence-corrected chi connectivity index (χ3v) is 3.89. The molecule has 130 valence electrons. The molecule has 1 unspecified atom stereocenters. The van der Waals surface area contributed by atoms with Crippen LogP contribution in [0.4, 0.5) is 5.69 Å². The van der Waals surface area contributed by atoms with Crippen molar-refractivity contribution in [1.29, 1.82) is 0 Å². The maximum atomic E-state index is 12.2. The van der Waals surface area contributed by atoms with Crippen LogP contribution in [-0.4, -0.2) is 48.4 Å². The molecule has 1 fully saturated rings. The fourth-order valence-corrected chi connectivity index (χ4v) is 2.56. The maximum absolute atomic E-state index is 12.2. The lowest BCUT2D eigenvalue weighted by molar-refractivity contribution is -0.385. The van der Waals surface area contributed by atoms with E-state index in [0.29, 0.717) is 25.1 Å². The highest BCUT2D eigenvalue weighted by Crippen LogP contribution is 2.31. The lowest BCUT2D eigenvalue weighted by Gasteiger charge is -2.31. The fourth-order valence-electron chi connectivity index (χ4n) is 2.56. The number of hydrogen-bond acceptors (Lipinski definition) is 6. The number of methoxy groups -OCH3 is 1. The van der Waals surface area contributed by atoms with Gasteiger partial charge in [-0.1, -0.05) is 0 Å². The van der Waals surface area contributed by atoms with E-state index in [0.717, 1.165) is 0 Å². The molecular formula is C15H19N3O6. The van der Waals surface area contributed by atoms with E-state index in [2.05, 4.69) is 0 Å². The van der Waals surface area contributed by atoms with Crippen LogP contribution in [0.15, 0.2) is 18.2 Å². The molecule has 1 aromatic rings. The van der Waals surface area contributed by atoms with Gasteiger partial charge < -0.3 is 20.1 Å². The number of ether oxygens (including phenoxy) is 2. The van der Waals surface area contributed by atoms with E-state index in [4.69, 9.17) is 15.2 Å². The van der Waals surface area contributed by atoms with Crippen LogP contribution < -0.4 is 15.2 Å². The van der Waals surface area contributed by atoms with Crippen molar-refractivity contribution >= 4 is 17.5 Å². The number of nitrogens with two attached hydrogens (primary N) is 1. The molecule has 1 saturated heterocycles. The first-order valence-electron chi connectivity index (χ1n) is 7.44. The fraction of sp³-hybridized carbons (Fsp3) is 0.467. The zero-order valence-electron chi connectivity index (χ0n) is 13.3. The van der Waals surface area contributed by atoms with Crippen molar-refractivity contribution < 1.29 is 24.0 Å². The van der Waals surface area contributed by atoms with E-state index < -0.39 is 10.8 Å². The highest BCUT2D eigenvalue weighted by molar-refractivity contribution is 5.81. The van der Waals surface area contributed by atoms with Gasteiger partial charge in [-0.3, -0.25) is 19.7 Å². The Balaban J connectivity index is 2.02. The van der Waals surface area contributed by atoms with Gasteiger partial charge in [0, 0.05) is 19.2 Å². The molecule has 0 spiro atoms. The van der Waals surface area contributed by atoms with Gasteiger partial charge in [0.1, 0.15) is 0 Å². The van der Waals surface area contributed by atoms with Crippen LogP contribution in [0.5, 0.6) is 11.5 Å². The summed E-state index contributed by atoms with van der Waals surface area (Å²) in [7, 11) is 1.40. The molecule has 0 bridgehead atoms. The second-order valence-electron chi connectivity index (χ2n) is 5.46. The van der Waals surface area contributed by atoms with E-state index in [1.165, 1.54) is 30.2 Å². The van der Waals surface area contributed by atoms with Crippen LogP contribution in [0.3, 0.4) is 0 Å². The molecule has 1 atom stereocenters. The topological polar surface area (TPSA) is 125 Å². The van der Waals surface area contributed by atoms with Crippen LogP contribution in [0.25, 0.3) is 0 Å². The largest absolute Gasteiger partial charge is 0.493 e. The quantitative estimate of drug-likeness (QED) is 0.602. The number of nitrogens with zero attached hydrogens (tertiary/aromatic N) is 2. The van der Waals surface area contributed by atoms with Crippen LogP contribution in [0, 0.1) is 16.0 Å². The molecule has 2 N–H and O–H groups in total. The summed E-state index contributed by atoms with van der Waals surface area (Å²) in [5.74, 6) is -0.677. The number of non-ortho nitro benzene ring substituents is 1. The van der Waals surface area contributed by atoms with Gasteiger partial charge in [0.25, 0.3) is 11.6 Å². The summed E-state index contributed by atoms with van der Waals surface area (Å²) >= 11 is 0. The first kappa shape index (κ1) is 17.5. The molecular weight excluding hydrogens is 318 g/mol. The van der Waals surface area contributed by atoms with Crippen molar-refractivity contribution in [1.82, 2.24) is 4.90 Å². The molecule has 1 heterocycles. The van der Waals surface area contributed by atoms with Gasteiger partial charge >= 0.3 is 0 Å². The number of benzene rings is 1. The third kappa shape index (κ3) is 4.12. The average molecular weight is 337 g/mol. The normalized spacial score (nSPS) is 17.2. The summed E-state index contributed by atoms with van der Waals surface area (Å²) < 4.78 is 10.5. The summed E-state index contributed by atoms with van der Waals surface area (Å²) in [5, 5.41) is 10.8. The van der Waals surface area contributed by atoms with Gasteiger partial charge in [0.2, 0.25) is 5.91 Å². The number of carbonyl (C=O) groups is 2. The van der Waals surface area contributed by atoms with E-state index >= 15 is 0 Å². The Bertz CT molecular complexity index is 648. The molecule has 1 aromatic carbocycles. The SMILES string of the molecule is COc1ccc([N+](=O)[O-])cc1OCC(=O)N1CCCC(C(N)=O)C1. The molecule has 1 aliphatic rings. The molecule has 0 aromatic heterocycles. The Morgan fingerprint density at radius 1 is 1.42 bits per heavy atom. The number of nitro groups is 1. The van der Waals surface area contributed by atoms with Crippen molar-refractivity contribution in [2.24, 2.45) is 11.7 Å². The van der Waals surface area contributed by atoms with Crippen molar-refractivity contribution in [2.45, 2.75) is 12.8 Å². The predicted octanol–water partition coefficient (Wildman–Crippen LogP) is 0.706. The maximum Gasteiger partial charge on any atom is 0.273 e. The van der Waals surface area contributed by atoms with Crippen LogP contribution in [0.2, 0.25) is 0 Å². The first-order valence-corrected chi connectivity index (χ1v) is 7.44. The molecule has 1 aliphatic heterocycles. The minimum Gasteiger partial charge on any atom is -0.493 e. The second kappa shape index (κ2) is 7.62. The van der Waals surface area contributed by atoms with Crippen molar-refractivity contribution in [2.75, 3.05) is 26.8 Å². The van der Waals surface area contributed by atoms with Crippen molar-refractivity contribution in [3.8, 4) is 11.5 Å². The molecule has 2 rings (SSSR count). The van der Waals surface area contributed by atoms with Crippen LogP contribution >= 0.6 is 0 Å². The highest BCUT2D eigenvalue weighted by atomic mass is 16.6. The van der Waals surface area contributed by atoms with Crippen molar-refractivity contribution in [3.05, 3.63) is 28.3 Å². The number of piperidine rings is 1. The molecule has 0 saturated carbocycles. The minimum atomic E-state index is -0.559. The lowest BCUT2D eigenvalue weighted by Crippen LogP contribution is -2.45. The number of rotatable bonds is 6. The summed E-state index contributed by atoms with van der Waals surface area (Å²) in [6, 6.07) is 3.89. The van der Waals surface area contributed by atoms with Crippen molar-refractivity contribution in [3.63, 3.8) is 0 Å². The standard InChI is InChI=1S/C15H19N3O6/c1-23-12-5-4-11(18(21)22)7-13(12)24-9-14(19)17-6-2-3-10(8-17)15(16)20/h4-5,7,10H,2-3,6,8-9H2,1H3,(H2,16,20). The van der Waals surface area contributed by atoms with Crippen LogP contribution in [-0.2, 0) is 9.59 Å². The van der Waals surface area contributed by atoms with Crippen LogP contribution in [0.1, 0.15) is 12.8 Å². The molecule has 9 heteroatoms. The van der Waals surface area contributed by atoms with E-state index in [1.54, 1.807) is 0 Å². The predicted molar refractivity (Wildman–Crippen MR) is 83.6 cm³/mol. The second-order valence-corrected chi connectivity index (χ2v) is 5.46. The number of amides is 2. The third-order valence-electron chi connectivity index (χ3n) is 3.89. The van der Waals surface area contributed by atoms with Gasteiger partial charge in [0.05, 0.1) is 24.0 Å². The molecule has 0 aliphatic carbocycles. The van der Waals surface area contributed by atoms with Gasteiger partial charge in [-0.2, -0.15) is 0 Å². The molecule has 0 radical (unpaired) electrons. The molecule has 9 nitrogen and oxygen atoms in total. The lowest BCUT2D eigenvalue weighted by atomic mass is 9.97. The summed E-state index contributed by atoms with van der Waals surface area (Å²) in [5.41, 5.74) is 5.13. The Morgan fingerprint density at radius 2 is 2.17 bits per heavy atom. The summed E-state index contributed by atoms with van der Waals surface area (Å²) in [6.45, 7) is 0.491. The van der Waals surface area contributed by atoms with E-state index in [-0.39, 0.29) is 36.4 Å². The number of likely N-dealkylation sites (tertiary alicyclic amines) is 1. The zero-order chi connectivity index (χ0) is 17.7. The Morgan fingerprint density at radius 3 is 2.79 bits per heavy atom.